The molecule has 0 radical (unpaired) electrons. The Morgan fingerprint density at radius 1 is 0.900 bits per heavy atom. The Kier molecular flexibility index (Phi) is 1.42. The van der Waals surface area contributed by atoms with Crippen LogP contribution in [0.25, 0.3) is 0 Å². The quantitative estimate of drug-likeness (QED) is 0.476. The molecule has 2 fully saturated rings. The lowest BCUT2D eigenvalue weighted by molar-refractivity contribution is 0.235. The standard InChI is InChI=1S/C6H10O4/c7-1-3-5(9-3)6-4(2-8)10-6/h3-8H,1-2H2/t3-,4-,5-,6-/m1/s1. The first-order chi connectivity index (χ1) is 4.86. The molecule has 0 unspecified atom stereocenters. The summed E-state index contributed by atoms with van der Waals surface area (Å²) >= 11 is 0. The number of rotatable bonds is 3. The molecule has 0 aliphatic carbocycles. The molecule has 0 aromatic carbocycles. The summed E-state index contributed by atoms with van der Waals surface area (Å²) in [6, 6.07) is 0. The molecule has 0 bridgehead atoms. The molecule has 2 aliphatic heterocycles. The van der Waals surface area contributed by atoms with Gasteiger partial charge in [-0.3, -0.25) is 0 Å². The zero-order chi connectivity index (χ0) is 7.14. The number of hydrogen-bond donors (Lipinski definition) is 2. The first-order valence-electron chi connectivity index (χ1n) is 3.39. The van der Waals surface area contributed by atoms with Crippen molar-refractivity contribution in [3.8, 4) is 0 Å². The molecule has 2 aliphatic rings. The summed E-state index contributed by atoms with van der Waals surface area (Å²) in [6.07, 6.45) is 0.00685. The Morgan fingerprint density at radius 3 is 1.50 bits per heavy atom. The number of ether oxygens (including phenoxy) is 2. The Bertz CT molecular complexity index is 122. The predicted molar refractivity (Wildman–Crippen MR) is 31.5 cm³/mol. The maximum atomic E-state index is 8.57. The van der Waals surface area contributed by atoms with E-state index in [1.54, 1.807) is 0 Å². The Hall–Kier alpha value is -0.160. The van der Waals surface area contributed by atoms with Gasteiger partial charge in [-0.2, -0.15) is 0 Å². The van der Waals surface area contributed by atoms with E-state index in [1.165, 1.54) is 0 Å². The van der Waals surface area contributed by atoms with Crippen molar-refractivity contribution in [1.82, 2.24) is 0 Å². The SMILES string of the molecule is OC[C@H]1O[C@H]1[C@@H]1O[C@@H]1CO. The molecule has 2 saturated heterocycles. The highest BCUT2D eigenvalue weighted by molar-refractivity contribution is 5.02. The molecule has 0 spiro atoms. The van der Waals surface area contributed by atoms with E-state index >= 15 is 0 Å². The molecule has 0 aromatic rings. The van der Waals surface area contributed by atoms with Crippen LogP contribution in [0.1, 0.15) is 0 Å². The van der Waals surface area contributed by atoms with Crippen molar-refractivity contribution in [1.29, 1.82) is 0 Å². The van der Waals surface area contributed by atoms with Crippen LogP contribution in [0.2, 0.25) is 0 Å². The van der Waals surface area contributed by atoms with Crippen LogP contribution in [0.15, 0.2) is 0 Å². The summed E-state index contributed by atoms with van der Waals surface area (Å²) in [5.41, 5.74) is 0. The Labute approximate surface area is 58.4 Å². The molecule has 2 heterocycles. The van der Waals surface area contributed by atoms with Crippen LogP contribution in [0, 0.1) is 0 Å². The summed E-state index contributed by atoms with van der Waals surface area (Å²) in [7, 11) is 0. The third-order valence-corrected chi connectivity index (χ3v) is 1.93. The van der Waals surface area contributed by atoms with Gasteiger partial charge in [0.25, 0.3) is 0 Å². The van der Waals surface area contributed by atoms with Gasteiger partial charge in [-0.05, 0) is 0 Å². The fourth-order valence-corrected chi connectivity index (χ4v) is 1.18. The lowest BCUT2D eigenvalue weighted by Gasteiger charge is -1.82. The number of aliphatic hydroxyl groups excluding tert-OH is 2. The van der Waals surface area contributed by atoms with E-state index in [0.29, 0.717) is 0 Å². The van der Waals surface area contributed by atoms with Crippen molar-refractivity contribution in [3.63, 3.8) is 0 Å². The van der Waals surface area contributed by atoms with Gasteiger partial charge in [-0.15, -0.1) is 0 Å². The van der Waals surface area contributed by atoms with Crippen molar-refractivity contribution in [3.05, 3.63) is 0 Å². The van der Waals surface area contributed by atoms with E-state index in [1.807, 2.05) is 0 Å². The maximum absolute atomic E-state index is 8.57. The second-order valence-electron chi connectivity index (χ2n) is 2.64. The summed E-state index contributed by atoms with van der Waals surface area (Å²) in [5, 5.41) is 17.1. The lowest BCUT2D eigenvalue weighted by Crippen LogP contribution is -2.09. The van der Waals surface area contributed by atoms with Crippen molar-refractivity contribution < 1.29 is 19.7 Å². The molecule has 0 saturated carbocycles. The highest BCUT2D eigenvalue weighted by atomic mass is 16.7. The fourth-order valence-electron chi connectivity index (χ4n) is 1.18. The molecule has 4 atom stereocenters. The van der Waals surface area contributed by atoms with E-state index in [2.05, 4.69) is 0 Å². The van der Waals surface area contributed by atoms with Crippen LogP contribution in [0.5, 0.6) is 0 Å². The van der Waals surface area contributed by atoms with Crippen LogP contribution in [0.4, 0.5) is 0 Å². The Balaban J connectivity index is 1.74. The van der Waals surface area contributed by atoms with Crippen LogP contribution in [0.3, 0.4) is 0 Å². The summed E-state index contributed by atoms with van der Waals surface area (Å²) in [4.78, 5) is 0. The molecule has 0 aromatic heterocycles. The van der Waals surface area contributed by atoms with Crippen LogP contribution in [-0.4, -0.2) is 47.8 Å². The van der Waals surface area contributed by atoms with Crippen molar-refractivity contribution in [2.24, 2.45) is 0 Å². The molecule has 2 rings (SSSR count). The van der Waals surface area contributed by atoms with Gasteiger partial charge in [0, 0.05) is 0 Å². The molecule has 4 nitrogen and oxygen atoms in total. The summed E-state index contributed by atoms with van der Waals surface area (Å²) < 4.78 is 10.1. The van der Waals surface area contributed by atoms with Gasteiger partial charge in [0.2, 0.25) is 0 Å². The number of hydrogen-bond acceptors (Lipinski definition) is 4. The molecule has 10 heavy (non-hydrogen) atoms. The maximum Gasteiger partial charge on any atom is 0.115 e. The lowest BCUT2D eigenvalue weighted by atomic mass is 10.2. The summed E-state index contributed by atoms with van der Waals surface area (Å²) in [6.45, 7) is 0.116. The van der Waals surface area contributed by atoms with Gasteiger partial charge >= 0.3 is 0 Å². The first kappa shape index (κ1) is 6.54. The fraction of sp³-hybridized carbons (Fsp3) is 1.00. The monoisotopic (exact) mass is 146 g/mol. The van der Waals surface area contributed by atoms with Gasteiger partial charge < -0.3 is 19.7 Å². The minimum Gasteiger partial charge on any atom is -0.394 e. The Morgan fingerprint density at radius 2 is 1.30 bits per heavy atom. The molecule has 0 amide bonds. The molecule has 2 N–H and O–H groups in total. The second kappa shape index (κ2) is 2.17. The highest BCUT2D eigenvalue weighted by Crippen LogP contribution is 2.37. The van der Waals surface area contributed by atoms with E-state index in [9.17, 15) is 0 Å². The van der Waals surface area contributed by atoms with Gasteiger partial charge in [0.05, 0.1) is 13.2 Å². The largest absolute Gasteiger partial charge is 0.394 e. The molecular weight excluding hydrogens is 136 g/mol. The average Bonchev–Trinajstić information content (AvgIpc) is 2.83. The van der Waals surface area contributed by atoms with E-state index in [4.69, 9.17) is 19.7 Å². The van der Waals surface area contributed by atoms with Gasteiger partial charge in [0.1, 0.15) is 24.4 Å². The van der Waals surface area contributed by atoms with Crippen LogP contribution >= 0.6 is 0 Å². The molecular formula is C6H10O4. The van der Waals surface area contributed by atoms with E-state index in [0.717, 1.165) is 0 Å². The third kappa shape index (κ3) is 0.932. The van der Waals surface area contributed by atoms with Crippen molar-refractivity contribution >= 4 is 0 Å². The molecule has 58 valence electrons. The zero-order valence-electron chi connectivity index (χ0n) is 5.43. The third-order valence-electron chi connectivity index (χ3n) is 1.93. The smallest absolute Gasteiger partial charge is 0.115 e. The van der Waals surface area contributed by atoms with Crippen LogP contribution < -0.4 is 0 Å². The summed E-state index contributed by atoms with van der Waals surface area (Å²) in [5.74, 6) is 0. The van der Waals surface area contributed by atoms with Crippen LogP contribution in [-0.2, 0) is 9.47 Å². The normalized spacial score (nSPS) is 51.0. The van der Waals surface area contributed by atoms with Gasteiger partial charge in [-0.25, -0.2) is 0 Å². The topological polar surface area (TPSA) is 65.5 Å². The van der Waals surface area contributed by atoms with Gasteiger partial charge in [-0.1, -0.05) is 0 Å². The van der Waals surface area contributed by atoms with E-state index in [-0.39, 0.29) is 37.6 Å². The zero-order valence-corrected chi connectivity index (χ0v) is 5.43. The van der Waals surface area contributed by atoms with Gasteiger partial charge in [0.15, 0.2) is 0 Å². The molecule has 4 heteroatoms. The second-order valence-corrected chi connectivity index (χ2v) is 2.64. The minimum absolute atomic E-state index is 0.0402. The highest BCUT2D eigenvalue weighted by Gasteiger charge is 2.56. The van der Waals surface area contributed by atoms with Crippen molar-refractivity contribution in [2.75, 3.05) is 13.2 Å². The minimum atomic E-state index is -0.0402. The van der Waals surface area contributed by atoms with Crippen molar-refractivity contribution in [2.45, 2.75) is 24.4 Å². The first-order valence-corrected chi connectivity index (χ1v) is 3.39. The number of aliphatic hydroxyl groups is 2. The van der Waals surface area contributed by atoms with E-state index < -0.39 is 0 Å². The average molecular weight is 146 g/mol. The predicted octanol–water partition coefficient (Wildman–Crippen LogP) is -1.49. The number of epoxide rings is 2.